The van der Waals surface area contributed by atoms with Crippen molar-refractivity contribution in [3.63, 3.8) is 0 Å². The molecular formula is C25H22Cl2N2O3S2. The Bertz CT molecular complexity index is 1310. The van der Waals surface area contributed by atoms with Crippen LogP contribution in [0.5, 0.6) is 5.75 Å². The third-order valence-electron chi connectivity index (χ3n) is 7.26. The molecule has 176 valence electrons. The average Bonchev–Trinajstić information content (AvgIpc) is 3.52. The van der Waals surface area contributed by atoms with Gasteiger partial charge in [0.1, 0.15) is 5.75 Å². The molecule has 2 fully saturated rings. The molecule has 3 aliphatic rings. The monoisotopic (exact) mass is 532 g/mol. The molecular weight excluding hydrogens is 511 g/mol. The third-order valence-corrected chi connectivity index (χ3v) is 10.4. The molecule has 0 spiro atoms. The molecule has 34 heavy (non-hydrogen) atoms. The van der Waals surface area contributed by atoms with Crippen LogP contribution >= 0.6 is 46.3 Å². The minimum atomic E-state index is -0.257. The summed E-state index contributed by atoms with van der Waals surface area (Å²) in [5.74, 6) is 2.18. The van der Waals surface area contributed by atoms with Crippen LogP contribution in [0.25, 0.3) is 0 Å². The Balaban J connectivity index is 1.30. The van der Waals surface area contributed by atoms with Crippen molar-refractivity contribution in [3.05, 3.63) is 72.6 Å². The van der Waals surface area contributed by atoms with Gasteiger partial charge in [0.05, 0.1) is 5.03 Å². The van der Waals surface area contributed by atoms with Gasteiger partial charge in [-0.05, 0) is 79.5 Å². The van der Waals surface area contributed by atoms with Gasteiger partial charge in [0.25, 0.3) is 5.91 Å². The molecule has 9 heteroatoms. The molecule has 2 saturated carbocycles. The van der Waals surface area contributed by atoms with Gasteiger partial charge in [0, 0.05) is 37.3 Å². The molecule has 2 aromatic carbocycles. The number of rotatable bonds is 5. The van der Waals surface area contributed by atoms with Gasteiger partial charge in [-0.1, -0.05) is 34.5 Å². The predicted molar refractivity (Wildman–Crippen MR) is 138 cm³/mol. The lowest BCUT2D eigenvalue weighted by atomic mass is 9.74. The van der Waals surface area contributed by atoms with Crippen molar-refractivity contribution < 1.29 is 9.53 Å². The molecule has 0 radical (unpaired) electrons. The van der Waals surface area contributed by atoms with Crippen LogP contribution in [0.3, 0.4) is 0 Å². The number of amides is 1. The second-order valence-electron chi connectivity index (χ2n) is 9.20. The van der Waals surface area contributed by atoms with Gasteiger partial charge in [-0.3, -0.25) is 9.59 Å². The molecule has 5 atom stereocenters. The molecule has 1 aliphatic heterocycles. The van der Waals surface area contributed by atoms with Gasteiger partial charge < -0.3 is 15.0 Å². The summed E-state index contributed by atoms with van der Waals surface area (Å²) < 4.78 is 6.07. The summed E-state index contributed by atoms with van der Waals surface area (Å²) in [4.78, 5) is 29.0. The number of thiazole rings is 1. The van der Waals surface area contributed by atoms with E-state index in [-0.39, 0.29) is 23.3 Å². The summed E-state index contributed by atoms with van der Waals surface area (Å²) in [7, 11) is 0. The Morgan fingerprint density at radius 1 is 1.09 bits per heavy atom. The molecule has 1 amide bonds. The average molecular weight is 534 g/mol. The zero-order chi connectivity index (χ0) is 23.4. The molecule has 0 saturated heterocycles. The Labute approximate surface area is 215 Å². The van der Waals surface area contributed by atoms with E-state index >= 15 is 0 Å². The lowest BCUT2D eigenvalue weighted by Crippen LogP contribution is -2.34. The van der Waals surface area contributed by atoms with Crippen LogP contribution in [0.15, 0.2) is 52.3 Å². The summed E-state index contributed by atoms with van der Waals surface area (Å²) in [5, 5.41) is 5.53. The van der Waals surface area contributed by atoms with Crippen LogP contribution in [0, 0.1) is 17.8 Å². The largest absolute Gasteiger partial charge is 0.483 e. The van der Waals surface area contributed by atoms with Crippen molar-refractivity contribution in [1.29, 1.82) is 0 Å². The van der Waals surface area contributed by atoms with Gasteiger partial charge in [-0.25, -0.2) is 0 Å². The molecule has 2 aliphatic carbocycles. The number of fused-ring (bicyclic) bond motifs is 6. The van der Waals surface area contributed by atoms with Crippen molar-refractivity contribution in [2.45, 2.75) is 35.5 Å². The minimum absolute atomic E-state index is 0.0262. The van der Waals surface area contributed by atoms with E-state index in [1.807, 2.05) is 23.9 Å². The summed E-state index contributed by atoms with van der Waals surface area (Å²) in [6, 6.07) is 12.5. The van der Waals surface area contributed by atoms with Crippen LogP contribution in [-0.2, 0) is 4.79 Å². The lowest BCUT2D eigenvalue weighted by Gasteiger charge is -2.40. The summed E-state index contributed by atoms with van der Waals surface area (Å²) >= 11 is 15.5. The number of thioether (sulfide) groups is 1. The quantitative estimate of drug-likeness (QED) is 0.398. The number of ether oxygens (including phenoxy) is 1. The molecule has 5 nitrogen and oxygen atoms in total. The Kier molecular flexibility index (Phi) is 5.92. The van der Waals surface area contributed by atoms with Gasteiger partial charge in [0.2, 0.25) is 0 Å². The number of aromatic nitrogens is 1. The third kappa shape index (κ3) is 4.06. The number of anilines is 1. The van der Waals surface area contributed by atoms with Crippen molar-refractivity contribution in [3.8, 4) is 5.75 Å². The zero-order valence-corrected chi connectivity index (χ0v) is 21.2. The fourth-order valence-corrected chi connectivity index (χ4v) is 9.16. The van der Waals surface area contributed by atoms with Crippen LogP contribution < -0.4 is 14.9 Å². The van der Waals surface area contributed by atoms with E-state index in [2.05, 4.69) is 10.3 Å². The highest BCUT2D eigenvalue weighted by Crippen LogP contribution is 2.64. The highest BCUT2D eigenvalue weighted by molar-refractivity contribution is 8.00. The van der Waals surface area contributed by atoms with E-state index in [4.69, 9.17) is 27.9 Å². The van der Waals surface area contributed by atoms with Gasteiger partial charge in [0.15, 0.2) is 6.61 Å². The molecule has 1 aromatic heterocycles. The van der Waals surface area contributed by atoms with E-state index < -0.39 is 0 Å². The van der Waals surface area contributed by atoms with E-state index in [9.17, 15) is 9.59 Å². The van der Waals surface area contributed by atoms with E-state index in [1.54, 1.807) is 30.3 Å². The van der Waals surface area contributed by atoms with Crippen LogP contribution in [0.2, 0.25) is 10.0 Å². The highest BCUT2D eigenvalue weighted by atomic mass is 35.5. The minimum Gasteiger partial charge on any atom is -0.483 e. The number of hydrogen-bond donors (Lipinski definition) is 2. The second-order valence-corrected chi connectivity index (χ2v) is 12.3. The van der Waals surface area contributed by atoms with Gasteiger partial charge in [-0.2, -0.15) is 0 Å². The number of H-pyrrole nitrogens is 1. The van der Waals surface area contributed by atoms with Gasteiger partial charge in [-0.15, -0.1) is 11.8 Å². The van der Waals surface area contributed by atoms with E-state index in [0.717, 1.165) is 15.5 Å². The zero-order valence-electron chi connectivity index (χ0n) is 18.1. The van der Waals surface area contributed by atoms with Gasteiger partial charge >= 0.3 is 4.87 Å². The van der Waals surface area contributed by atoms with Crippen LogP contribution in [0.4, 0.5) is 5.69 Å². The fraction of sp³-hybridized carbons (Fsp3) is 0.360. The first-order valence-electron chi connectivity index (χ1n) is 11.3. The maximum Gasteiger partial charge on any atom is 0.305 e. The lowest BCUT2D eigenvalue weighted by molar-refractivity contribution is -0.118. The smallest absolute Gasteiger partial charge is 0.305 e. The molecule has 2 heterocycles. The Morgan fingerprint density at radius 3 is 2.68 bits per heavy atom. The fourth-order valence-electron chi connectivity index (χ4n) is 5.96. The number of benzene rings is 2. The first kappa shape index (κ1) is 22.5. The molecule has 2 N–H and O–H groups in total. The number of aromatic amines is 1. The first-order valence-corrected chi connectivity index (χ1v) is 13.8. The second kappa shape index (κ2) is 8.94. The van der Waals surface area contributed by atoms with Crippen molar-refractivity contribution in [1.82, 2.24) is 4.98 Å². The number of nitrogens with one attached hydrogen (secondary N) is 2. The van der Waals surface area contributed by atoms with Crippen LogP contribution in [0.1, 0.15) is 35.6 Å². The standard InChI is InChI=1S/C25H22Cl2N2O3S2/c26-14-3-6-16(7-4-14)28-19(30)11-32-18-8-5-15(27)10-17(18)21-20-12-1-2-13(9-12)22(20)33-24-23(21)34-25(31)29-24/h3-8,10,12-13,20-22H,1-2,9,11H2,(H,28,30)(H,29,31). The maximum atomic E-state index is 12.6. The summed E-state index contributed by atoms with van der Waals surface area (Å²) in [5.41, 5.74) is 1.62. The first-order chi connectivity index (χ1) is 16.5. The SMILES string of the molecule is O=C(COc1ccc(Cl)cc1C1c2sc(=O)[nH]c2SC2C3CCC(C3)C12)Nc1ccc(Cl)cc1. The highest BCUT2D eigenvalue weighted by Gasteiger charge is 2.55. The number of carbonyl (C=O) groups excluding carboxylic acids is 1. The van der Waals surface area contributed by atoms with E-state index in [1.165, 1.54) is 30.6 Å². The molecule has 5 unspecified atom stereocenters. The van der Waals surface area contributed by atoms with E-state index in [0.29, 0.717) is 44.5 Å². The van der Waals surface area contributed by atoms with Crippen LogP contribution in [-0.4, -0.2) is 22.7 Å². The number of hydrogen-bond acceptors (Lipinski definition) is 5. The number of carbonyl (C=O) groups is 1. The molecule has 3 aromatic rings. The Hall–Kier alpha value is -1.93. The topological polar surface area (TPSA) is 71.2 Å². The number of halogens is 2. The molecule has 2 bridgehead atoms. The van der Waals surface area contributed by atoms with Crippen molar-refractivity contribution in [2.24, 2.45) is 17.8 Å². The maximum absolute atomic E-state index is 12.6. The molecule has 6 rings (SSSR count). The normalized spacial score (nSPS) is 26.7. The van der Waals surface area contributed by atoms with Crippen molar-refractivity contribution >= 4 is 57.9 Å². The van der Waals surface area contributed by atoms with Crippen molar-refractivity contribution in [2.75, 3.05) is 11.9 Å². The Morgan fingerprint density at radius 2 is 1.85 bits per heavy atom. The predicted octanol–water partition coefficient (Wildman–Crippen LogP) is 6.41. The summed E-state index contributed by atoms with van der Waals surface area (Å²) in [6.45, 7) is -0.130. The summed E-state index contributed by atoms with van der Waals surface area (Å²) in [6.07, 6.45) is 3.75.